The summed E-state index contributed by atoms with van der Waals surface area (Å²) in [6.45, 7) is 6.58. The topological polar surface area (TPSA) is 49.4 Å². The van der Waals surface area contributed by atoms with Crippen LogP contribution in [0.3, 0.4) is 0 Å². The van der Waals surface area contributed by atoms with Crippen molar-refractivity contribution in [1.82, 2.24) is 10.2 Å². The van der Waals surface area contributed by atoms with Crippen molar-refractivity contribution in [3.8, 4) is 0 Å². The van der Waals surface area contributed by atoms with E-state index in [1.54, 1.807) is 16.7 Å². The van der Waals surface area contributed by atoms with Crippen LogP contribution in [-0.4, -0.2) is 34.6 Å². The van der Waals surface area contributed by atoms with Crippen LogP contribution < -0.4 is 5.32 Å². The Bertz CT molecular complexity index is 891. The van der Waals surface area contributed by atoms with Crippen LogP contribution in [0.5, 0.6) is 0 Å². The van der Waals surface area contributed by atoms with Gasteiger partial charge in [0.2, 0.25) is 11.8 Å². The lowest BCUT2D eigenvalue weighted by atomic mass is 10.1. The molecule has 0 saturated heterocycles. The standard InChI is InChI=1S/C27H36N2O2S/c1-4-25(27(31)28-24-10-5-6-11-24)29(17-23-9-7-8-21(3)16-23)26(30)19-32-18-22-14-12-20(2)13-15-22/h7-9,12-16,24-25H,4-6,10-11,17-19H2,1-3H3,(H,28,31). The van der Waals surface area contributed by atoms with Crippen molar-refractivity contribution in [2.75, 3.05) is 5.75 Å². The molecule has 0 aromatic heterocycles. The Hall–Kier alpha value is -2.27. The van der Waals surface area contributed by atoms with Crippen molar-refractivity contribution in [2.45, 2.75) is 77.3 Å². The number of thioether (sulfide) groups is 1. The second-order valence-electron chi connectivity index (χ2n) is 8.90. The van der Waals surface area contributed by atoms with E-state index in [9.17, 15) is 9.59 Å². The van der Waals surface area contributed by atoms with Gasteiger partial charge < -0.3 is 10.2 Å². The Morgan fingerprint density at radius 1 is 1.03 bits per heavy atom. The van der Waals surface area contributed by atoms with E-state index in [0.717, 1.165) is 29.7 Å². The molecule has 5 heteroatoms. The number of nitrogens with one attached hydrogen (secondary N) is 1. The number of rotatable bonds is 10. The van der Waals surface area contributed by atoms with Gasteiger partial charge in [-0.05, 0) is 44.2 Å². The fourth-order valence-corrected chi connectivity index (χ4v) is 5.19. The summed E-state index contributed by atoms with van der Waals surface area (Å²) in [4.78, 5) is 28.3. The number of hydrogen-bond donors (Lipinski definition) is 1. The smallest absolute Gasteiger partial charge is 0.243 e. The number of aryl methyl sites for hydroxylation is 2. The molecule has 0 spiro atoms. The fraction of sp³-hybridized carbons (Fsp3) is 0.481. The van der Waals surface area contributed by atoms with Crippen LogP contribution in [0.4, 0.5) is 0 Å². The lowest BCUT2D eigenvalue weighted by molar-refractivity contribution is -0.139. The van der Waals surface area contributed by atoms with E-state index >= 15 is 0 Å². The Morgan fingerprint density at radius 2 is 1.75 bits per heavy atom. The second kappa shape index (κ2) is 12.1. The van der Waals surface area contributed by atoms with Crippen LogP contribution in [0, 0.1) is 13.8 Å². The van der Waals surface area contributed by atoms with Crippen LogP contribution in [0.1, 0.15) is 61.3 Å². The van der Waals surface area contributed by atoms with Crippen LogP contribution in [0.25, 0.3) is 0 Å². The summed E-state index contributed by atoms with van der Waals surface area (Å²) in [5, 5.41) is 3.21. The molecular weight excluding hydrogens is 416 g/mol. The molecule has 0 radical (unpaired) electrons. The molecular formula is C27H36N2O2S. The van der Waals surface area contributed by atoms with Gasteiger partial charge in [0.05, 0.1) is 5.75 Å². The highest BCUT2D eigenvalue weighted by molar-refractivity contribution is 7.99. The predicted molar refractivity (Wildman–Crippen MR) is 134 cm³/mol. The number of carbonyl (C=O) groups is 2. The van der Waals surface area contributed by atoms with Gasteiger partial charge >= 0.3 is 0 Å². The largest absolute Gasteiger partial charge is 0.352 e. The Morgan fingerprint density at radius 3 is 2.41 bits per heavy atom. The third-order valence-electron chi connectivity index (χ3n) is 6.14. The van der Waals surface area contributed by atoms with Gasteiger partial charge in [-0.15, -0.1) is 11.8 Å². The van der Waals surface area contributed by atoms with Crippen LogP contribution in [0.15, 0.2) is 48.5 Å². The van der Waals surface area contributed by atoms with Crippen LogP contribution >= 0.6 is 11.8 Å². The molecule has 1 unspecified atom stereocenters. The van der Waals surface area contributed by atoms with Gasteiger partial charge in [-0.2, -0.15) is 0 Å². The molecule has 1 aliphatic rings. The average Bonchev–Trinajstić information content (AvgIpc) is 3.28. The van der Waals surface area contributed by atoms with Gasteiger partial charge in [-0.25, -0.2) is 0 Å². The molecule has 2 aromatic carbocycles. The van der Waals surface area contributed by atoms with E-state index in [2.05, 4.69) is 55.6 Å². The highest BCUT2D eigenvalue weighted by Crippen LogP contribution is 2.21. The Balaban J connectivity index is 1.69. The van der Waals surface area contributed by atoms with Crippen molar-refractivity contribution >= 4 is 23.6 Å². The summed E-state index contributed by atoms with van der Waals surface area (Å²) < 4.78 is 0. The summed E-state index contributed by atoms with van der Waals surface area (Å²) in [5.74, 6) is 1.17. The first-order valence-corrected chi connectivity index (χ1v) is 12.9. The number of amides is 2. The lowest BCUT2D eigenvalue weighted by Crippen LogP contribution is -2.51. The van der Waals surface area contributed by atoms with Gasteiger partial charge in [0.15, 0.2) is 0 Å². The maximum Gasteiger partial charge on any atom is 0.243 e. The normalized spacial score (nSPS) is 14.8. The minimum absolute atomic E-state index is 0.0102. The molecule has 2 amide bonds. The van der Waals surface area contributed by atoms with E-state index in [1.165, 1.54) is 24.0 Å². The van der Waals surface area contributed by atoms with E-state index in [-0.39, 0.29) is 17.9 Å². The molecule has 0 bridgehead atoms. The number of hydrogen-bond acceptors (Lipinski definition) is 3. The zero-order valence-electron chi connectivity index (χ0n) is 19.6. The maximum atomic E-state index is 13.3. The third-order valence-corrected chi connectivity index (χ3v) is 7.13. The highest BCUT2D eigenvalue weighted by atomic mass is 32.2. The summed E-state index contributed by atoms with van der Waals surface area (Å²) in [6.07, 6.45) is 5.03. The minimum atomic E-state index is -0.441. The first-order chi connectivity index (χ1) is 15.5. The Labute approximate surface area is 197 Å². The molecule has 1 fully saturated rings. The third kappa shape index (κ3) is 7.13. The first-order valence-electron chi connectivity index (χ1n) is 11.7. The van der Waals surface area contributed by atoms with Crippen molar-refractivity contribution in [3.63, 3.8) is 0 Å². The minimum Gasteiger partial charge on any atom is -0.352 e. The Kier molecular flexibility index (Phi) is 9.22. The van der Waals surface area contributed by atoms with Crippen LogP contribution in [0.2, 0.25) is 0 Å². The van der Waals surface area contributed by atoms with Crippen molar-refractivity contribution in [1.29, 1.82) is 0 Å². The molecule has 3 rings (SSSR count). The summed E-state index contributed by atoms with van der Waals surface area (Å²) in [5.41, 5.74) is 4.67. The molecule has 1 atom stereocenters. The van der Waals surface area contributed by atoms with Gasteiger partial charge in [0, 0.05) is 18.3 Å². The zero-order chi connectivity index (χ0) is 22.9. The molecule has 172 valence electrons. The van der Waals surface area contributed by atoms with Crippen molar-refractivity contribution in [2.24, 2.45) is 0 Å². The SMILES string of the molecule is CCC(C(=O)NC1CCCC1)N(Cc1cccc(C)c1)C(=O)CSCc1ccc(C)cc1. The predicted octanol–water partition coefficient (Wildman–Crippen LogP) is 5.40. The molecule has 0 heterocycles. The summed E-state index contributed by atoms with van der Waals surface area (Å²) in [7, 11) is 0. The number of carbonyl (C=O) groups excluding carboxylic acids is 2. The second-order valence-corrected chi connectivity index (χ2v) is 9.89. The van der Waals surface area contributed by atoms with E-state index in [4.69, 9.17) is 0 Å². The fourth-order valence-electron chi connectivity index (χ4n) is 4.32. The zero-order valence-corrected chi connectivity index (χ0v) is 20.4. The molecule has 1 saturated carbocycles. The lowest BCUT2D eigenvalue weighted by Gasteiger charge is -2.31. The van der Waals surface area contributed by atoms with E-state index < -0.39 is 6.04 Å². The average molecular weight is 453 g/mol. The first kappa shape index (κ1) is 24.4. The van der Waals surface area contributed by atoms with Crippen molar-refractivity contribution in [3.05, 3.63) is 70.8 Å². The molecule has 32 heavy (non-hydrogen) atoms. The molecule has 0 aliphatic heterocycles. The molecule has 4 nitrogen and oxygen atoms in total. The molecule has 1 N–H and O–H groups in total. The van der Waals surface area contributed by atoms with Crippen molar-refractivity contribution < 1.29 is 9.59 Å². The van der Waals surface area contributed by atoms with E-state index in [0.29, 0.717) is 18.7 Å². The summed E-state index contributed by atoms with van der Waals surface area (Å²) in [6, 6.07) is 16.4. The van der Waals surface area contributed by atoms with Gasteiger partial charge in [-0.1, -0.05) is 79.4 Å². The van der Waals surface area contributed by atoms with Gasteiger partial charge in [0.25, 0.3) is 0 Å². The quantitative estimate of drug-likeness (QED) is 0.525. The highest BCUT2D eigenvalue weighted by Gasteiger charge is 2.30. The van der Waals surface area contributed by atoms with Gasteiger partial charge in [0.1, 0.15) is 6.04 Å². The number of nitrogens with zero attached hydrogens (tertiary/aromatic N) is 1. The number of benzene rings is 2. The molecule has 2 aromatic rings. The van der Waals surface area contributed by atoms with Crippen LogP contribution in [-0.2, 0) is 21.9 Å². The maximum absolute atomic E-state index is 13.3. The van der Waals surface area contributed by atoms with E-state index in [1.807, 2.05) is 19.1 Å². The monoisotopic (exact) mass is 452 g/mol. The summed E-state index contributed by atoms with van der Waals surface area (Å²) >= 11 is 1.61. The molecule has 1 aliphatic carbocycles. The van der Waals surface area contributed by atoms with Gasteiger partial charge in [-0.3, -0.25) is 9.59 Å².